The summed E-state index contributed by atoms with van der Waals surface area (Å²) in [5, 5.41) is 27.1. The maximum absolute atomic E-state index is 11.1. The van der Waals surface area contributed by atoms with E-state index in [9.17, 15) is 14.4 Å². The molecule has 6 rings (SSSR count). The van der Waals surface area contributed by atoms with Crippen LogP contribution in [0.3, 0.4) is 0 Å². The molecule has 1 aliphatic heterocycles. The molecule has 9 nitrogen and oxygen atoms in total. The maximum atomic E-state index is 11.1. The van der Waals surface area contributed by atoms with Crippen molar-refractivity contribution in [2.75, 3.05) is 6.54 Å². The number of carboxylic acids is 3. The van der Waals surface area contributed by atoms with Crippen molar-refractivity contribution in [2.24, 2.45) is 4.99 Å². The molecular weight excluding hydrogens is 667 g/mol. The first-order valence-corrected chi connectivity index (χ1v) is 16.9. The number of allylic oxidation sites excluding steroid dienone is 1. The molecule has 0 bridgehead atoms. The molecule has 0 aliphatic carbocycles. The molecule has 0 saturated heterocycles. The average Bonchev–Trinajstić information content (AvgIpc) is 3.87. The zero-order valence-corrected chi connectivity index (χ0v) is 27.4. The molecule has 0 unspecified atom stereocenters. The van der Waals surface area contributed by atoms with Crippen molar-refractivity contribution >= 4 is 81.4 Å². The van der Waals surface area contributed by atoms with E-state index >= 15 is 0 Å². The molecule has 5 aromatic rings. The number of hydrogen-bond acceptors (Lipinski definition) is 9. The van der Waals surface area contributed by atoms with Crippen LogP contribution in [-0.4, -0.2) is 55.5 Å². The monoisotopic (exact) mass is 691 g/mol. The molecule has 0 saturated carbocycles. The van der Waals surface area contributed by atoms with Gasteiger partial charge in [-0.1, -0.05) is 0 Å². The lowest BCUT2D eigenvalue weighted by atomic mass is 10.0. The number of aliphatic carboxylic acids is 3. The Labute approximate surface area is 286 Å². The molecule has 3 N–H and O–H groups in total. The second kappa shape index (κ2) is 14.5. The first-order valence-electron chi connectivity index (χ1n) is 14.5. The van der Waals surface area contributed by atoms with E-state index in [4.69, 9.17) is 25.3 Å². The minimum absolute atomic E-state index is 0.564. The lowest BCUT2D eigenvalue weighted by molar-refractivity contribution is -0.132. The Kier molecular flexibility index (Phi) is 9.76. The minimum Gasteiger partial charge on any atom is -0.478 e. The third-order valence-corrected chi connectivity index (χ3v) is 10.3. The number of carboxylic acid groups (broad SMARTS) is 3. The molecule has 0 atom stereocenters. The van der Waals surface area contributed by atoms with Crippen molar-refractivity contribution in [3.63, 3.8) is 0 Å². The van der Waals surface area contributed by atoms with E-state index < -0.39 is 17.9 Å². The van der Waals surface area contributed by atoms with Gasteiger partial charge >= 0.3 is 17.9 Å². The van der Waals surface area contributed by atoms with Crippen LogP contribution in [0.25, 0.3) is 56.1 Å². The molecule has 0 aromatic carbocycles. The van der Waals surface area contributed by atoms with Gasteiger partial charge in [-0.05, 0) is 108 Å². The quantitative estimate of drug-likeness (QED) is 0.117. The third kappa shape index (κ3) is 8.04. The van der Waals surface area contributed by atoms with Gasteiger partial charge in [0.15, 0.2) is 0 Å². The van der Waals surface area contributed by atoms with E-state index in [2.05, 4.69) is 4.98 Å². The van der Waals surface area contributed by atoms with E-state index in [1.807, 2.05) is 66.7 Å². The summed E-state index contributed by atoms with van der Waals surface area (Å²) in [5.41, 5.74) is 5.50. The largest absolute Gasteiger partial charge is 0.478 e. The fourth-order valence-corrected chi connectivity index (χ4v) is 7.62. The highest BCUT2D eigenvalue weighted by atomic mass is 32.1. The highest BCUT2D eigenvalue weighted by Gasteiger charge is 2.17. The average molecular weight is 692 g/mol. The van der Waals surface area contributed by atoms with Gasteiger partial charge in [-0.15, -0.1) is 34.0 Å². The van der Waals surface area contributed by atoms with Gasteiger partial charge in [0, 0.05) is 60.2 Å². The molecule has 48 heavy (non-hydrogen) atoms. The van der Waals surface area contributed by atoms with E-state index in [-0.39, 0.29) is 0 Å². The fourth-order valence-electron chi connectivity index (χ4n) is 4.86. The summed E-state index contributed by atoms with van der Waals surface area (Å²) in [4.78, 5) is 52.8. The lowest BCUT2D eigenvalue weighted by Gasteiger charge is -2.14. The second-order valence-electron chi connectivity index (χ2n) is 10.4. The Balaban J connectivity index is 1.39. The number of dihydropyridines is 1. The summed E-state index contributed by atoms with van der Waals surface area (Å²) in [6, 6.07) is 19.3. The molecule has 6 heterocycles. The third-order valence-electron chi connectivity index (χ3n) is 7.02. The first-order chi connectivity index (χ1) is 23.2. The van der Waals surface area contributed by atoms with Crippen LogP contribution in [-0.2, 0) is 14.4 Å². The van der Waals surface area contributed by atoms with Crippen molar-refractivity contribution in [3.8, 4) is 32.3 Å². The van der Waals surface area contributed by atoms with Crippen molar-refractivity contribution in [3.05, 3.63) is 116 Å². The van der Waals surface area contributed by atoms with Gasteiger partial charge in [0.2, 0.25) is 0 Å². The molecule has 0 spiro atoms. The lowest BCUT2D eigenvalue weighted by Crippen LogP contribution is -2.08. The predicted octanol–water partition coefficient (Wildman–Crippen LogP) is 8.23. The molecule has 5 aromatic heterocycles. The van der Waals surface area contributed by atoms with Crippen molar-refractivity contribution in [1.82, 2.24) is 9.97 Å². The van der Waals surface area contributed by atoms with E-state index in [1.54, 1.807) is 24.4 Å². The zero-order chi connectivity index (χ0) is 33.6. The SMILES string of the molecule is O=C(O)/C=C/c1ccc(C2=CC(c3cc(-c4ccc(/C=C/C(=O)O)s4)cc(-c4cc(-c5ccc(/C=C/C(=O)O)s5)ccn4)n3)=NCC2)s1. The number of nitrogens with zero attached hydrogens (tertiary/aromatic N) is 3. The number of hydrogen-bond donors (Lipinski definition) is 3. The number of pyridine rings is 2. The summed E-state index contributed by atoms with van der Waals surface area (Å²) in [6.07, 6.45) is 12.5. The summed E-state index contributed by atoms with van der Waals surface area (Å²) in [5.74, 6) is -3.03. The summed E-state index contributed by atoms with van der Waals surface area (Å²) in [6.45, 7) is 0.564. The fraction of sp³-hybridized carbons (Fsp3) is 0.0556. The van der Waals surface area contributed by atoms with E-state index in [0.717, 1.165) is 70.6 Å². The highest BCUT2D eigenvalue weighted by molar-refractivity contribution is 7.16. The molecule has 0 radical (unpaired) electrons. The topological polar surface area (TPSA) is 150 Å². The van der Waals surface area contributed by atoms with Gasteiger partial charge in [-0.25, -0.2) is 19.4 Å². The maximum Gasteiger partial charge on any atom is 0.328 e. The van der Waals surface area contributed by atoms with Crippen LogP contribution in [0.2, 0.25) is 0 Å². The Hall–Kier alpha value is -5.56. The van der Waals surface area contributed by atoms with Gasteiger partial charge in [-0.3, -0.25) is 9.98 Å². The Bertz CT molecular complexity index is 2200. The van der Waals surface area contributed by atoms with Crippen LogP contribution >= 0.6 is 34.0 Å². The van der Waals surface area contributed by atoms with E-state index in [1.165, 1.54) is 34.0 Å². The smallest absolute Gasteiger partial charge is 0.328 e. The molecule has 0 amide bonds. The van der Waals surface area contributed by atoms with Gasteiger partial charge < -0.3 is 15.3 Å². The Morgan fingerprint density at radius 2 is 1.15 bits per heavy atom. The van der Waals surface area contributed by atoms with Gasteiger partial charge in [-0.2, -0.15) is 0 Å². The van der Waals surface area contributed by atoms with Gasteiger partial charge in [0.25, 0.3) is 0 Å². The summed E-state index contributed by atoms with van der Waals surface area (Å²) < 4.78 is 0. The van der Waals surface area contributed by atoms with Gasteiger partial charge in [0.05, 0.1) is 22.8 Å². The molecule has 238 valence electrons. The Morgan fingerprint density at radius 3 is 1.75 bits per heavy atom. The number of aromatic nitrogens is 2. The van der Waals surface area contributed by atoms with Crippen LogP contribution < -0.4 is 0 Å². The van der Waals surface area contributed by atoms with Crippen LogP contribution in [0.1, 0.15) is 31.6 Å². The first kappa shape index (κ1) is 32.4. The van der Waals surface area contributed by atoms with Crippen molar-refractivity contribution < 1.29 is 29.7 Å². The second-order valence-corrected chi connectivity index (χ2v) is 13.7. The Morgan fingerprint density at radius 1 is 0.625 bits per heavy atom. The minimum atomic E-state index is -1.02. The van der Waals surface area contributed by atoms with Crippen LogP contribution in [0.15, 0.2) is 96.2 Å². The van der Waals surface area contributed by atoms with Crippen LogP contribution in [0, 0.1) is 0 Å². The molecule has 0 fully saturated rings. The van der Waals surface area contributed by atoms with Crippen molar-refractivity contribution in [2.45, 2.75) is 6.42 Å². The zero-order valence-electron chi connectivity index (χ0n) is 24.9. The standard InChI is InChI=1S/C36H25N3O6S3/c40-34(41)10-4-24-1-7-31(46-24)21-13-15-37-27(17-21)29-19-23(33-9-3-26(48-33)6-12-36(44)45)20-30(39-29)28-18-22(14-16-38-28)32-8-2-25(47-32)5-11-35(42)43/h1-13,15,17-20H,14,16H2,(H,40,41)(H,42,43)(H,44,45)/b10-4+,11-5+,12-6+. The molecule has 12 heteroatoms. The number of thiophene rings is 3. The van der Waals surface area contributed by atoms with Crippen LogP contribution in [0.4, 0.5) is 0 Å². The highest BCUT2D eigenvalue weighted by Crippen LogP contribution is 2.35. The molecular formula is C36H25N3O6S3. The summed E-state index contributed by atoms with van der Waals surface area (Å²) >= 11 is 4.43. The number of aliphatic imine (C=N–C) groups is 1. The summed E-state index contributed by atoms with van der Waals surface area (Å²) in [7, 11) is 0. The number of carbonyl (C=O) groups is 3. The van der Waals surface area contributed by atoms with Gasteiger partial charge in [0.1, 0.15) is 0 Å². The molecule has 1 aliphatic rings. The number of rotatable bonds is 11. The predicted molar refractivity (Wildman–Crippen MR) is 192 cm³/mol. The normalized spacial score (nSPS) is 13.3. The van der Waals surface area contributed by atoms with Crippen molar-refractivity contribution in [1.29, 1.82) is 0 Å². The van der Waals surface area contributed by atoms with E-state index in [0.29, 0.717) is 29.3 Å². The van der Waals surface area contributed by atoms with Crippen LogP contribution in [0.5, 0.6) is 0 Å².